The first-order valence-electron chi connectivity index (χ1n) is 8.77. The van der Waals surface area contributed by atoms with Gasteiger partial charge in [0.25, 0.3) is 5.91 Å². The van der Waals surface area contributed by atoms with E-state index in [0.717, 1.165) is 5.39 Å². The summed E-state index contributed by atoms with van der Waals surface area (Å²) in [5, 5.41) is 1.52. The van der Waals surface area contributed by atoms with Gasteiger partial charge >= 0.3 is 5.97 Å². The molecule has 7 nitrogen and oxygen atoms in total. The Hall–Kier alpha value is -3.09. The maximum absolute atomic E-state index is 12.5. The Kier molecular flexibility index (Phi) is 5.59. The average Bonchev–Trinajstić information content (AvgIpc) is 2.71. The molecule has 2 aromatic carbocycles. The molecule has 2 aromatic rings. The Balaban J connectivity index is 1.64. The van der Waals surface area contributed by atoms with Crippen LogP contribution in [0.1, 0.15) is 17.3 Å². The highest BCUT2D eigenvalue weighted by atomic mass is 16.5. The molecular formula is C20H22N2O5. The van der Waals surface area contributed by atoms with Crippen molar-refractivity contribution in [3.8, 4) is 5.75 Å². The second kappa shape index (κ2) is 8.07. The minimum absolute atomic E-state index is 0.0000828. The number of ether oxygens (including phenoxy) is 2. The first-order chi connectivity index (χ1) is 13.0. The summed E-state index contributed by atoms with van der Waals surface area (Å²) in [5.74, 6) is -0.143. The van der Waals surface area contributed by atoms with E-state index < -0.39 is 5.97 Å². The summed E-state index contributed by atoms with van der Waals surface area (Å²) in [6, 6.07) is 10.7. The lowest BCUT2D eigenvalue weighted by atomic mass is 10.0. The summed E-state index contributed by atoms with van der Waals surface area (Å²) >= 11 is 0. The second-order valence-electron chi connectivity index (χ2n) is 6.32. The number of esters is 1. The fourth-order valence-electron chi connectivity index (χ4n) is 3.19. The molecule has 0 radical (unpaired) electrons. The van der Waals surface area contributed by atoms with Gasteiger partial charge in [0.15, 0.2) is 6.61 Å². The van der Waals surface area contributed by atoms with Crippen molar-refractivity contribution in [2.24, 2.45) is 0 Å². The number of piperazine rings is 1. The van der Waals surface area contributed by atoms with Gasteiger partial charge in [0.2, 0.25) is 5.91 Å². The van der Waals surface area contributed by atoms with Crippen molar-refractivity contribution in [2.75, 3.05) is 39.9 Å². The van der Waals surface area contributed by atoms with Crippen LogP contribution in [0.25, 0.3) is 10.8 Å². The number of methoxy groups -OCH3 is 1. The molecule has 0 saturated carbocycles. The number of carbonyl (C=O) groups excluding carboxylic acids is 3. The van der Waals surface area contributed by atoms with E-state index in [1.807, 2.05) is 24.3 Å². The molecule has 7 heteroatoms. The molecule has 1 aliphatic rings. The van der Waals surface area contributed by atoms with Crippen LogP contribution < -0.4 is 4.74 Å². The number of carbonyl (C=O) groups is 3. The largest absolute Gasteiger partial charge is 0.496 e. The van der Waals surface area contributed by atoms with Crippen LogP contribution in [0, 0.1) is 0 Å². The second-order valence-corrected chi connectivity index (χ2v) is 6.32. The number of nitrogens with zero attached hydrogens (tertiary/aromatic N) is 2. The minimum atomic E-state index is -0.551. The van der Waals surface area contributed by atoms with Crippen molar-refractivity contribution in [1.82, 2.24) is 9.80 Å². The standard InChI is InChI=1S/C20H22N2O5/c1-14(23)21-9-11-22(12-10-21)19(24)13-27-20(25)17-7-8-18(26-2)16-6-4-3-5-15(16)17/h3-8H,9-13H2,1-2H3. The van der Waals surface area contributed by atoms with Gasteiger partial charge in [-0.05, 0) is 17.5 Å². The Bertz CT molecular complexity index is 872. The summed E-state index contributed by atoms with van der Waals surface area (Å²) in [6.07, 6.45) is 0. The van der Waals surface area contributed by atoms with Gasteiger partial charge in [-0.2, -0.15) is 0 Å². The van der Waals surface area contributed by atoms with Crippen molar-refractivity contribution in [3.05, 3.63) is 42.0 Å². The molecule has 0 spiro atoms. The molecule has 0 aliphatic carbocycles. The molecule has 1 fully saturated rings. The maximum atomic E-state index is 12.5. The van der Waals surface area contributed by atoms with Crippen LogP contribution >= 0.6 is 0 Å². The van der Waals surface area contributed by atoms with Crippen LogP contribution in [0.3, 0.4) is 0 Å². The van der Waals surface area contributed by atoms with E-state index in [0.29, 0.717) is 42.9 Å². The molecule has 3 rings (SSSR count). The molecule has 27 heavy (non-hydrogen) atoms. The number of rotatable bonds is 4. The molecular weight excluding hydrogens is 348 g/mol. The SMILES string of the molecule is COc1ccc(C(=O)OCC(=O)N2CCN(C(C)=O)CC2)c2ccccc12. The summed E-state index contributed by atoms with van der Waals surface area (Å²) in [4.78, 5) is 39.4. The minimum Gasteiger partial charge on any atom is -0.496 e. The predicted molar refractivity (Wildman–Crippen MR) is 99.6 cm³/mol. The quantitative estimate of drug-likeness (QED) is 0.766. The van der Waals surface area contributed by atoms with Crippen molar-refractivity contribution in [3.63, 3.8) is 0 Å². The van der Waals surface area contributed by atoms with E-state index in [1.54, 1.807) is 29.0 Å². The van der Waals surface area contributed by atoms with Gasteiger partial charge in [0.1, 0.15) is 5.75 Å². The molecule has 142 valence electrons. The van der Waals surface area contributed by atoms with Crippen molar-refractivity contribution in [1.29, 1.82) is 0 Å². The fourth-order valence-corrected chi connectivity index (χ4v) is 3.19. The van der Waals surface area contributed by atoms with Gasteiger partial charge in [-0.1, -0.05) is 24.3 Å². The third-order valence-electron chi connectivity index (χ3n) is 4.73. The van der Waals surface area contributed by atoms with Crippen LogP contribution in [0.4, 0.5) is 0 Å². The lowest BCUT2D eigenvalue weighted by molar-refractivity contribution is -0.140. The molecule has 1 aliphatic heterocycles. The molecule has 0 unspecified atom stereocenters. The average molecular weight is 370 g/mol. The van der Waals surface area contributed by atoms with E-state index in [9.17, 15) is 14.4 Å². The maximum Gasteiger partial charge on any atom is 0.339 e. The number of hydrogen-bond donors (Lipinski definition) is 0. The van der Waals surface area contributed by atoms with Crippen LogP contribution in [-0.4, -0.2) is 67.5 Å². The van der Waals surface area contributed by atoms with Gasteiger partial charge in [0.05, 0.1) is 12.7 Å². The Labute approximate surface area is 157 Å². The summed E-state index contributed by atoms with van der Waals surface area (Å²) in [5.41, 5.74) is 0.389. The third-order valence-corrected chi connectivity index (χ3v) is 4.73. The Morgan fingerprint density at radius 1 is 0.926 bits per heavy atom. The Morgan fingerprint density at radius 2 is 1.56 bits per heavy atom. The monoisotopic (exact) mass is 370 g/mol. The normalized spacial score (nSPS) is 14.1. The number of fused-ring (bicyclic) bond motifs is 1. The van der Waals surface area contributed by atoms with Crippen LogP contribution in [-0.2, 0) is 14.3 Å². The predicted octanol–water partition coefficient (Wildman–Crippen LogP) is 1.70. The van der Waals surface area contributed by atoms with Crippen LogP contribution in [0.15, 0.2) is 36.4 Å². The van der Waals surface area contributed by atoms with Crippen LogP contribution in [0.2, 0.25) is 0 Å². The lowest BCUT2D eigenvalue weighted by Crippen LogP contribution is -2.51. The summed E-state index contributed by atoms with van der Waals surface area (Å²) < 4.78 is 10.6. The zero-order valence-corrected chi connectivity index (χ0v) is 15.4. The highest BCUT2D eigenvalue weighted by Crippen LogP contribution is 2.28. The van der Waals surface area contributed by atoms with E-state index in [4.69, 9.17) is 9.47 Å². The van der Waals surface area contributed by atoms with E-state index in [1.165, 1.54) is 6.92 Å². The number of hydrogen-bond acceptors (Lipinski definition) is 5. The van der Waals surface area contributed by atoms with E-state index in [2.05, 4.69) is 0 Å². The van der Waals surface area contributed by atoms with Crippen molar-refractivity contribution < 1.29 is 23.9 Å². The van der Waals surface area contributed by atoms with Crippen LogP contribution in [0.5, 0.6) is 5.75 Å². The fraction of sp³-hybridized carbons (Fsp3) is 0.350. The van der Waals surface area contributed by atoms with Crippen molar-refractivity contribution >= 4 is 28.6 Å². The molecule has 0 bridgehead atoms. The highest BCUT2D eigenvalue weighted by molar-refractivity contribution is 6.06. The zero-order chi connectivity index (χ0) is 19.4. The summed E-state index contributed by atoms with van der Waals surface area (Å²) in [6.45, 7) is 3.08. The van der Waals surface area contributed by atoms with Gasteiger partial charge in [-0.3, -0.25) is 9.59 Å². The molecule has 1 heterocycles. The molecule has 2 amide bonds. The Morgan fingerprint density at radius 3 is 2.19 bits per heavy atom. The van der Waals surface area contributed by atoms with E-state index in [-0.39, 0.29) is 18.4 Å². The molecule has 1 saturated heterocycles. The smallest absolute Gasteiger partial charge is 0.339 e. The molecule has 0 aromatic heterocycles. The van der Waals surface area contributed by atoms with Gasteiger partial charge in [0, 0.05) is 38.5 Å². The lowest BCUT2D eigenvalue weighted by Gasteiger charge is -2.34. The molecule has 0 N–H and O–H groups in total. The first-order valence-corrected chi connectivity index (χ1v) is 8.77. The molecule has 0 atom stereocenters. The first kappa shape index (κ1) is 18.7. The van der Waals surface area contributed by atoms with E-state index >= 15 is 0 Å². The summed E-state index contributed by atoms with van der Waals surface area (Å²) in [7, 11) is 1.57. The third kappa shape index (κ3) is 4.02. The topological polar surface area (TPSA) is 76.2 Å². The van der Waals surface area contributed by atoms with Gasteiger partial charge < -0.3 is 19.3 Å². The highest BCUT2D eigenvalue weighted by Gasteiger charge is 2.23. The van der Waals surface area contributed by atoms with Crippen molar-refractivity contribution in [2.45, 2.75) is 6.92 Å². The van der Waals surface area contributed by atoms with Gasteiger partial charge in [-0.15, -0.1) is 0 Å². The number of benzene rings is 2. The zero-order valence-electron chi connectivity index (χ0n) is 15.4. The number of amides is 2. The van der Waals surface area contributed by atoms with Gasteiger partial charge in [-0.25, -0.2) is 4.79 Å².